The summed E-state index contributed by atoms with van der Waals surface area (Å²) in [6.07, 6.45) is 2.93. The molecule has 254 valence electrons. The van der Waals surface area contributed by atoms with Crippen molar-refractivity contribution in [3.05, 3.63) is 0 Å². The summed E-state index contributed by atoms with van der Waals surface area (Å²) in [5.74, 6) is 4.33. The third-order valence-corrected chi connectivity index (χ3v) is 13.0. The second-order valence-corrected chi connectivity index (χ2v) is 15.5. The highest BCUT2D eigenvalue weighted by Gasteiger charge is 2.46. The van der Waals surface area contributed by atoms with Gasteiger partial charge in [0.05, 0.1) is 38.1 Å². The van der Waals surface area contributed by atoms with Crippen molar-refractivity contribution in [1.82, 2.24) is 0 Å². The van der Waals surface area contributed by atoms with E-state index in [0.29, 0.717) is 73.1 Å². The van der Waals surface area contributed by atoms with E-state index in [1.54, 1.807) is 0 Å². The summed E-state index contributed by atoms with van der Waals surface area (Å²) in [6, 6.07) is 0. The van der Waals surface area contributed by atoms with Crippen molar-refractivity contribution < 1.29 is 28.4 Å². The lowest BCUT2D eigenvalue weighted by molar-refractivity contribution is -0.297. The lowest BCUT2D eigenvalue weighted by atomic mass is 9.76. The van der Waals surface area contributed by atoms with Gasteiger partial charge in [0.2, 0.25) is 0 Å². The molecular weight excluding hydrogens is 540 g/mol. The summed E-state index contributed by atoms with van der Waals surface area (Å²) < 4.78 is 40.2. The van der Waals surface area contributed by atoms with E-state index in [1.807, 2.05) is 0 Å². The van der Waals surface area contributed by atoms with Gasteiger partial charge in [-0.25, -0.2) is 0 Å². The molecule has 0 bridgehead atoms. The van der Waals surface area contributed by atoms with Crippen LogP contribution < -0.4 is 0 Å². The maximum Gasteiger partial charge on any atom is 0.160 e. The van der Waals surface area contributed by atoms with E-state index >= 15 is 0 Å². The number of hydrogen-bond acceptors (Lipinski definition) is 6. The van der Waals surface area contributed by atoms with Gasteiger partial charge in [-0.05, 0) is 60.7 Å². The van der Waals surface area contributed by atoms with Crippen LogP contribution in [0.3, 0.4) is 0 Å². The molecule has 3 rings (SSSR count). The fraction of sp³-hybridized carbons (Fsp3) is 1.00. The second-order valence-electron chi connectivity index (χ2n) is 15.5. The highest BCUT2D eigenvalue weighted by molar-refractivity contribution is 4.89. The Balaban J connectivity index is 1.83. The Labute approximate surface area is 266 Å². The van der Waals surface area contributed by atoms with Crippen LogP contribution in [0.5, 0.6) is 0 Å². The van der Waals surface area contributed by atoms with Crippen LogP contribution in [-0.2, 0) is 28.4 Å². The first-order chi connectivity index (χ1) is 20.2. The SMILES string of the molecule is CCC1O[C@H](OCC(CO[C@H]2OC(CC)[C@@H](C)[C@H](C)C2C)(CO[C@H]2OC(CC)[C@@H](C)[C@H](C)C2C)C(C)C)C(C)[C@@H](C)[C@@H]1C. The quantitative estimate of drug-likeness (QED) is 0.208. The Hall–Kier alpha value is -0.240. The summed E-state index contributed by atoms with van der Waals surface area (Å²) in [4.78, 5) is 0. The highest BCUT2D eigenvalue weighted by Crippen LogP contribution is 2.42. The first-order valence-electron chi connectivity index (χ1n) is 18.0. The Bertz CT molecular complexity index is 715. The van der Waals surface area contributed by atoms with Crippen LogP contribution in [-0.4, -0.2) is 57.0 Å². The van der Waals surface area contributed by atoms with Gasteiger partial charge in [0, 0.05) is 23.2 Å². The Morgan fingerprint density at radius 2 is 0.698 bits per heavy atom. The summed E-state index contributed by atoms with van der Waals surface area (Å²) in [6.45, 7) is 33.5. The van der Waals surface area contributed by atoms with Crippen LogP contribution in [0.25, 0.3) is 0 Å². The molecule has 6 heteroatoms. The summed E-state index contributed by atoms with van der Waals surface area (Å²) in [5, 5.41) is 0. The van der Waals surface area contributed by atoms with E-state index in [9.17, 15) is 0 Å². The molecule has 3 fully saturated rings. The monoisotopic (exact) mass is 611 g/mol. The molecule has 0 spiro atoms. The van der Waals surface area contributed by atoms with Gasteiger partial charge in [-0.2, -0.15) is 0 Å². The molecule has 6 nitrogen and oxygen atoms in total. The van der Waals surface area contributed by atoms with E-state index in [1.165, 1.54) is 0 Å². The van der Waals surface area contributed by atoms with Crippen molar-refractivity contribution in [3.63, 3.8) is 0 Å². The Morgan fingerprint density at radius 1 is 0.442 bits per heavy atom. The fourth-order valence-electron chi connectivity index (χ4n) is 7.80. The Morgan fingerprint density at radius 3 is 0.907 bits per heavy atom. The molecule has 0 aromatic heterocycles. The molecule has 15 atom stereocenters. The summed E-state index contributed by atoms with van der Waals surface area (Å²) in [5.41, 5.74) is -0.384. The van der Waals surface area contributed by atoms with E-state index in [0.717, 1.165) is 19.3 Å². The maximum absolute atomic E-state index is 6.80. The third-order valence-electron chi connectivity index (χ3n) is 13.0. The van der Waals surface area contributed by atoms with Gasteiger partial charge < -0.3 is 28.4 Å². The van der Waals surface area contributed by atoms with Crippen molar-refractivity contribution in [2.75, 3.05) is 19.8 Å². The van der Waals surface area contributed by atoms with Gasteiger partial charge in [0.15, 0.2) is 18.9 Å². The molecule has 0 N–H and O–H groups in total. The number of hydrogen-bond donors (Lipinski definition) is 0. The molecule has 0 aromatic rings. The second kappa shape index (κ2) is 16.0. The van der Waals surface area contributed by atoms with Crippen molar-refractivity contribution in [2.45, 2.75) is 153 Å². The zero-order valence-electron chi connectivity index (χ0n) is 30.4. The average molecular weight is 611 g/mol. The minimum absolute atomic E-state index is 0.217. The van der Waals surface area contributed by atoms with Gasteiger partial charge in [-0.15, -0.1) is 0 Å². The Kier molecular flexibility index (Phi) is 13.9. The van der Waals surface area contributed by atoms with Crippen molar-refractivity contribution in [1.29, 1.82) is 0 Å². The fourth-order valence-corrected chi connectivity index (χ4v) is 7.80. The molecule has 43 heavy (non-hydrogen) atoms. The largest absolute Gasteiger partial charge is 0.352 e. The molecule has 0 radical (unpaired) electrons. The lowest BCUT2D eigenvalue weighted by Gasteiger charge is -2.48. The van der Waals surface area contributed by atoms with Crippen molar-refractivity contribution in [3.8, 4) is 0 Å². The number of ether oxygens (including phenoxy) is 6. The normalized spacial score (nSPS) is 45.7. The zero-order valence-corrected chi connectivity index (χ0v) is 30.4. The van der Waals surface area contributed by atoms with Crippen LogP contribution >= 0.6 is 0 Å². The highest BCUT2D eigenvalue weighted by atomic mass is 16.7. The molecule has 6 unspecified atom stereocenters. The molecule has 3 aliphatic heterocycles. The topological polar surface area (TPSA) is 55.4 Å². The first-order valence-corrected chi connectivity index (χ1v) is 18.0. The van der Waals surface area contributed by atoms with E-state index < -0.39 is 0 Å². The summed E-state index contributed by atoms with van der Waals surface area (Å²) in [7, 11) is 0. The third kappa shape index (κ3) is 8.19. The molecule has 0 saturated carbocycles. The van der Waals surface area contributed by atoms with E-state index in [4.69, 9.17) is 28.4 Å². The van der Waals surface area contributed by atoms with Crippen LogP contribution in [0.4, 0.5) is 0 Å². The maximum atomic E-state index is 6.80. The summed E-state index contributed by atoms with van der Waals surface area (Å²) >= 11 is 0. The van der Waals surface area contributed by atoms with Gasteiger partial charge in [0.1, 0.15) is 0 Å². The smallest absolute Gasteiger partial charge is 0.160 e. The van der Waals surface area contributed by atoms with Crippen molar-refractivity contribution >= 4 is 0 Å². The van der Waals surface area contributed by atoms with Crippen LogP contribution in [0.15, 0.2) is 0 Å². The lowest BCUT2D eigenvalue weighted by Crippen LogP contribution is -2.52. The van der Waals surface area contributed by atoms with E-state index in [2.05, 4.69) is 96.9 Å². The van der Waals surface area contributed by atoms with Gasteiger partial charge in [-0.3, -0.25) is 0 Å². The molecule has 3 aliphatic rings. The first kappa shape index (κ1) is 37.2. The standard InChI is InChI=1S/C37H70O6/c1-15-31-25(9)22(6)28(12)34(41-31)38-18-37(21(4)5,19-39-35-29(13)23(7)26(10)32(16-2)42-35)20-40-36-30(14)24(8)27(11)33(17-3)43-36/h21-36H,15-20H2,1-14H3/t22-,23-,24-,25-,26-,27-,28?,29?,30?,31?,32?,33?,34-,35-,36-,37?/m0/s1. The molecule has 3 heterocycles. The minimum atomic E-state index is -0.384. The molecule has 0 amide bonds. The van der Waals surface area contributed by atoms with Crippen molar-refractivity contribution in [2.24, 2.45) is 64.6 Å². The minimum Gasteiger partial charge on any atom is -0.352 e. The van der Waals surface area contributed by atoms with E-state index in [-0.39, 0.29) is 48.5 Å². The van der Waals surface area contributed by atoms with Gasteiger partial charge in [-0.1, -0.05) is 96.9 Å². The van der Waals surface area contributed by atoms with Gasteiger partial charge in [0.25, 0.3) is 0 Å². The predicted molar refractivity (Wildman–Crippen MR) is 174 cm³/mol. The predicted octanol–water partition coefficient (Wildman–Crippen LogP) is 8.81. The number of rotatable bonds is 13. The van der Waals surface area contributed by atoms with Crippen LogP contribution in [0.2, 0.25) is 0 Å². The molecule has 0 aliphatic carbocycles. The molecule has 3 saturated heterocycles. The zero-order chi connectivity index (χ0) is 32.2. The van der Waals surface area contributed by atoms with Crippen LogP contribution in [0.1, 0.15) is 116 Å². The molecule has 0 aromatic carbocycles. The van der Waals surface area contributed by atoms with Crippen LogP contribution in [0, 0.1) is 64.6 Å². The molecular formula is C37H70O6. The van der Waals surface area contributed by atoms with Gasteiger partial charge >= 0.3 is 0 Å². The average Bonchev–Trinajstić information content (AvgIpc) is 2.99.